The summed E-state index contributed by atoms with van der Waals surface area (Å²) in [7, 11) is 0. The van der Waals surface area contributed by atoms with Crippen LogP contribution in [0, 0.1) is 0 Å². The van der Waals surface area contributed by atoms with Gasteiger partial charge in [-0.1, -0.05) is 0 Å². The second-order valence-corrected chi connectivity index (χ2v) is 12.6. The molecule has 0 saturated carbocycles. The minimum absolute atomic E-state index is 0.108. The molecule has 1 heterocycles. The molecule has 1 aromatic rings. The van der Waals surface area contributed by atoms with E-state index in [1.165, 1.54) is 29.2 Å². The lowest BCUT2D eigenvalue weighted by molar-refractivity contribution is -0.143. The maximum Gasteiger partial charge on any atom is 0.317 e. The summed E-state index contributed by atoms with van der Waals surface area (Å²) in [6.45, 7) is -1.48. The highest BCUT2D eigenvalue weighted by molar-refractivity contribution is 5.94. The first-order chi connectivity index (χ1) is 25.5. The SMILES string of the molecule is O=C(O)CN1CCN(CC(=O)O)CCN(CC(=O)Nc2ccc(NC(=O)CN(CCN(CC(=O)O)CC(=O)O)CC(=O)O)cc2)CCN(CC(=O)O)CC1. The Morgan fingerprint density at radius 3 is 1.00 bits per heavy atom. The van der Waals surface area contributed by atoms with Crippen molar-refractivity contribution >= 4 is 59.0 Å². The summed E-state index contributed by atoms with van der Waals surface area (Å²) < 4.78 is 0. The van der Waals surface area contributed by atoms with Crippen LogP contribution >= 0.6 is 0 Å². The molecule has 2 amide bonds. The third kappa shape index (κ3) is 20.1. The molecule has 0 aliphatic carbocycles. The van der Waals surface area contributed by atoms with Gasteiger partial charge in [-0.3, -0.25) is 67.8 Å². The maximum atomic E-state index is 13.1. The van der Waals surface area contributed by atoms with Crippen LogP contribution in [0.3, 0.4) is 0 Å². The number of aliphatic carboxylic acids is 6. The van der Waals surface area contributed by atoms with E-state index in [9.17, 15) is 58.8 Å². The Balaban J connectivity index is 2.03. The molecule has 0 radical (unpaired) electrons. The average Bonchev–Trinajstić information content (AvgIpc) is 3.04. The van der Waals surface area contributed by atoms with Crippen molar-refractivity contribution in [2.24, 2.45) is 0 Å². The highest BCUT2D eigenvalue weighted by atomic mass is 16.4. The van der Waals surface area contributed by atoms with Gasteiger partial charge < -0.3 is 41.3 Å². The summed E-state index contributed by atoms with van der Waals surface area (Å²) >= 11 is 0. The van der Waals surface area contributed by atoms with E-state index in [-0.39, 0.29) is 91.6 Å². The van der Waals surface area contributed by atoms with Gasteiger partial charge in [-0.05, 0) is 24.3 Å². The fourth-order valence-electron chi connectivity index (χ4n) is 5.51. The Morgan fingerprint density at radius 1 is 0.426 bits per heavy atom. The number of benzene rings is 1. The summed E-state index contributed by atoms with van der Waals surface area (Å²) in [6, 6.07) is 6.02. The van der Waals surface area contributed by atoms with Crippen LogP contribution in [0.25, 0.3) is 0 Å². The lowest BCUT2D eigenvalue weighted by Gasteiger charge is -2.32. The molecule has 2 rings (SSSR count). The monoisotopic (exact) mass is 768 g/mol. The van der Waals surface area contributed by atoms with Crippen molar-refractivity contribution < 1.29 is 69.0 Å². The van der Waals surface area contributed by atoms with Gasteiger partial charge in [0.05, 0.1) is 52.4 Å². The maximum absolute atomic E-state index is 13.1. The third-order valence-corrected chi connectivity index (χ3v) is 8.00. The summed E-state index contributed by atoms with van der Waals surface area (Å²) in [6.07, 6.45) is 0. The van der Waals surface area contributed by atoms with Crippen molar-refractivity contribution in [1.82, 2.24) is 29.4 Å². The minimum Gasteiger partial charge on any atom is -0.480 e. The predicted molar refractivity (Wildman–Crippen MR) is 188 cm³/mol. The number of carboxylic acid groups (broad SMARTS) is 6. The van der Waals surface area contributed by atoms with Crippen LogP contribution in [-0.4, -0.2) is 225 Å². The van der Waals surface area contributed by atoms with Crippen LogP contribution in [-0.2, 0) is 38.4 Å². The summed E-state index contributed by atoms with van der Waals surface area (Å²) in [5, 5.41) is 60.8. The molecule has 0 bridgehead atoms. The van der Waals surface area contributed by atoms with Crippen molar-refractivity contribution in [3.05, 3.63) is 24.3 Å². The van der Waals surface area contributed by atoms with Gasteiger partial charge in [0.2, 0.25) is 11.8 Å². The Kier molecular flexibility index (Phi) is 19.5. The molecule has 0 unspecified atom stereocenters. The van der Waals surface area contributed by atoms with Crippen LogP contribution in [0.5, 0.6) is 0 Å². The van der Waals surface area contributed by atoms with Gasteiger partial charge in [0.25, 0.3) is 0 Å². The van der Waals surface area contributed by atoms with Crippen LogP contribution in [0.4, 0.5) is 11.4 Å². The Hall–Kier alpha value is -5.26. The third-order valence-electron chi connectivity index (χ3n) is 8.00. The normalized spacial score (nSPS) is 15.5. The lowest BCUT2D eigenvalue weighted by atomic mass is 10.2. The molecule has 1 saturated heterocycles. The zero-order valence-electron chi connectivity index (χ0n) is 29.7. The van der Waals surface area contributed by atoms with Crippen molar-refractivity contribution in [1.29, 1.82) is 0 Å². The van der Waals surface area contributed by atoms with Crippen LogP contribution in [0.1, 0.15) is 0 Å². The largest absolute Gasteiger partial charge is 0.480 e. The van der Waals surface area contributed by atoms with Crippen molar-refractivity contribution in [3.8, 4) is 0 Å². The quantitative estimate of drug-likeness (QED) is 0.0614. The molecule has 0 spiro atoms. The number of hydrogen-bond acceptors (Lipinski definition) is 14. The summed E-state index contributed by atoms with van der Waals surface area (Å²) in [4.78, 5) is 103. The number of carbonyl (C=O) groups is 8. The standard InChI is InChI=1S/C32H48N8O14/c41-25(15-35-5-7-36(17-27(43)44)9-11-38(19-29(47)48)12-10-37(8-6-35)18-28(45)46)33-23-1-3-24(4-2-23)34-26(42)16-39(20-30(49)50)13-14-40(21-31(51)52)22-32(53)54/h1-4H,5-22H2,(H,33,41)(H,34,42)(H,43,44)(H,45,46)(H,47,48)(H,49,50)(H,51,52)(H,53,54). The fraction of sp³-hybridized carbons (Fsp3) is 0.562. The van der Waals surface area contributed by atoms with E-state index in [0.29, 0.717) is 11.4 Å². The van der Waals surface area contributed by atoms with E-state index in [1.54, 1.807) is 19.6 Å². The van der Waals surface area contributed by atoms with Crippen molar-refractivity contribution in [3.63, 3.8) is 0 Å². The van der Waals surface area contributed by atoms with E-state index >= 15 is 0 Å². The van der Waals surface area contributed by atoms with Gasteiger partial charge >= 0.3 is 35.8 Å². The van der Waals surface area contributed by atoms with Gasteiger partial charge in [0.1, 0.15) is 0 Å². The second-order valence-electron chi connectivity index (χ2n) is 12.6. The molecular weight excluding hydrogens is 720 g/mol. The minimum atomic E-state index is -1.27. The molecule has 1 fully saturated rings. The first kappa shape index (κ1) is 44.9. The lowest BCUT2D eigenvalue weighted by Crippen LogP contribution is -2.49. The summed E-state index contributed by atoms with van der Waals surface area (Å²) in [5.41, 5.74) is 0.684. The Labute approximate surface area is 310 Å². The van der Waals surface area contributed by atoms with E-state index < -0.39 is 73.8 Å². The number of carboxylic acids is 6. The molecular formula is C32H48N8O14. The fourth-order valence-corrected chi connectivity index (χ4v) is 5.51. The molecule has 22 heteroatoms. The molecule has 300 valence electrons. The molecule has 0 atom stereocenters. The number of nitrogens with zero attached hydrogens (tertiary/aromatic N) is 6. The first-order valence-corrected chi connectivity index (χ1v) is 16.8. The number of amides is 2. The predicted octanol–water partition coefficient (Wildman–Crippen LogP) is -3.10. The number of rotatable bonds is 21. The molecule has 8 N–H and O–H groups in total. The highest BCUT2D eigenvalue weighted by Crippen LogP contribution is 2.14. The molecule has 1 aromatic carbocycles. The molecule has 1 aliphatic rings. The van der Waals surface area contributed by atoms with Gasteiger partial charge in [0, 0.05) is 76.8 Å². The topological polar surface area (TPSA) is 301 Å². The van der Waals surface area contributed by atoms with Crippen molar-refractivity contribution in [2.45, 2.75) is 0 Å². The second kappa shape index (κ2) is 23.4. The number of anilines is 2. The van der Waals surface area contributed by atoms with E-state index in [2.05, 4.69) is 10.6 Å². The zero-order chi connectivity index (χ0) is 40.2. The Morgan fingerprint density at radius 2 is 0.704 bits per heavy atom. The van der Waals surface area contributed by atoms with Crippen LogP contribution in [0.15, 0.2) is 24.3 Å². The van der Waals surface area contributed by atoms with Crippen molar-refractivity contribution in [2.75, 3.05) is 128 Å². The van der Waals surface area contributed by atoms with E-state index in [4.69, 9.17) is 10.2 Å². The van der Waals surface area contributed by atoms with Gasteiger partial charge in [-0.25, -0.2) is 0 Å². The molecule has 54 heavy (non-hydrogen) atoms. The molecule has 22 nitrogen and oxygen atoms in total. The van der Waals surface area contributed by atoms with E-state index in [1.807, 2.05) is 0 Å². The Bertz CT molecular complexity index is 1420. The first-order valence-electron chi connectivity index (χ1n) is 16.8. The smallest absolute Gasteiger partial charge is 0.317 e. The van der Waals surface area contributed by atoms with Gasteiger partial charge in [0.15, 0.2) is 0 Å². The van der Waals surface area contributed by atoms with E-state index in [0.717, 1.165) is 4.90 Å². The van der Waals surface area contributed by atoms with Crippen LogP contribution < -0.4 is 10.6 Å². The number of carbonyl (C=O) groups excluding carboxylic acids is 2. The molecule has 0 aromatic heterocycles. The molecule has 1 aliphatic heterocycles. The number of nitrogens with one attached hydrogen (secondary N) is 2. The van der Waals surface area contributed by atoms with Gasteiger partial charge in [-0.2, -0.15) is 0 Å². The zero-order valence-corrected chi connectivity index (χ0v) is 29.7. The number of hydrogen-bond donors (Lipinski definition) is 8. The van der Waals surface area contributed by atoms with Gasteiger partial charge in [-0.15, -0.1) is 0 Å². The average molecular weight is 769 g/mol. The van der Waals surface area contributed by atoms with Crippen LogP contribution in [0.2, 0.25) is 0 Å². The highest BCUT2D eigenvalue weighted by Gasteiger charge is 2.22. The summed E-state index contributed by atoms with van der Waals surface area (Å²) in [5.74, 6) is -8.02.